The molecule has 0 spiro atoms. The highest BCUT2D eigenvalue weighted by Crippen LogP contribution is 2.34. The van der Waals surface area contributed by atoms with Crippen molar-refractivity contribution in [3.8, 4) is 0 Å². The van der Waals surface area contributed by atoms with Crippen LogP contribution in [0.5, 0.6) is 0 Å². The number of carbonyl (C=O) groups is 1. The van der Waals surface area contributed by atoms with Gasteiger partial charge in [0.15, 0.2) is 0 Å². The molecule has 1 aromatic carbocycles. The van der Waals surface area contributed by atoms with Crippen molar-refractivity contribution in [2.75, 3.05) is 19.6 Å². The molecule has 1 atom stereocenters. The van der Waals surface area contributed by atoms with Gasteiger partial charge in [0.05, 0.1) is 11.1 Å². The topological polar surface area (TPSA) is 75.0 Å². The number of hydrogen-bond donors (Lipinski definition) is 2. The molecule has 1 unspecified atom stereocenters. The Hall–Kier alpha value is -1.88. The van der Waals surface area contributed by atoms with Crippen LogP contribution in [0.25, 0.3) is 11.0 Å². The van der Waals surface area contributed by atoms with Crippen LogP contribution in [0.15, 0.2) is 18.2 Å². The second-order valence-corrected chi connectivity index (χ2v) is 7.09. The molecular formula is C17H24N4O. The van der Waals surface area contributed by atoms with Gasteiger partial charge in [0, 0.05) is 18.5 Å². The number of benzene rings is 1. The van der Waals surface area contributed by atoms with Gasteiger partial charge in [0.25, 0.3) is 5.91 Å². The molecule has 3 N–H and O–H groups in total. The van der Waals surface area contributed by atoms with Gasteiger partial charge < -0.3 is 15.6 Å². The number of nitrogens with one attached hydrogen (secondary N) is 1. The third kappa shape index (κ3) is 2.61. The van der Waals surface area contributed by atoms with E-state index < -0.39 is 5.91 Å². The molecule has 0 aliphatic carbocycles. The summed E-state index contributed by atoms with van der Waals surface area (Å²) in [5.41, 5.74) is 7.51. The van der Waals surface area contributed by atoms with Crippen molar-refractivity contribution in [2.45, 2.75) is 32.6 Å². The standard InChI is InChI=1S/C17H24N4O/c1-11(2)9-21-8-7-17(3,10-21)16-19-13-6-4-5-12(15(18)22)14(13)20-16/h4-6,11H,7-10H2,1-3H3,(H2,18,22)(H,19,20). The lowest BCUT2D eigenvalue weighted by Gasteiger charge is -2.23. The second-order valence-electron chi connectivity index (χ2n) is 7.09. The summed E-state index contributed by atoms with van der Waals surface area (Å²) in [6, 6.07) is 5.52. The molecule has 5 heteroatoms. The van der Waals surface area contributed by atoms with Crippen LogP contribution in [-0.4, -0.2) is 40.4 Å². The van der Waals surface area contributed by atoms with E-state index in [1.54, 1.807) is 6.07 Å². The molecule has 2 heterocycles. The lowest BCUT2D eigenvalue weighted by atomic mass is 9.89. The number of H-pyrrole nitrogens is 1. The summed E-state index contributed by atoms with van der Waals surface area (Å²) in [6.07, 6.45) is 1.07. The highest BCUT2D eigenvalue weighted by molar-refractivity contribution is 6.04. The first-order valence-electron chi connectivity index (χ1n) is 7.90. The number of rotatable bonds is 4. The number of nitrogens with zero attached hydrogens (tertiary/aromatic N) is 2. The normalized spacial score (nSPS) is 22.7. The fourth-order valence-electron chi connectivity index (χ4n) is 3.44. The summed E-state index contributed by atoms with van der Waals surface area (Å²) >= 11 is 0. The van der Waals surface area contributed by atoms with Gasteiger partial charge in [0.1, 0.15) is 11.3 Å². The predicted molar refractivity (Wildman–Crippen MR) is 87.9 cm³/mol. The van der Waals surface area contributed by atoms with Crippen LogP contribution in [0.3, 0.4) is 0 Å². The van der Waals surface area contributed by atoms with Crippen LogP contribution >= 0.6 is 0 Å². The lowest BCUT2D eigenvalue weighted by molar-refractivity contribution is 0.100. The predicted octanol–water partition coefficient (Wildman–Crippen LogP) is 2.28. The van der Waals surface area contributed by atoms with Crippen molar-refractivity contribution in [3.63, 3.8) is 0 Å². The van der Waals surface area contributed by atoms with E-state index >= 15 is 0 Å². The van der Waals surface area contributed by atoms with Crippen molar-refractivity contribution in [1.82, 2.24) is 14.9 Å². The molecule has 1 aliphatic rings. The molecule has 5 nitrogen and oxygen atoms in total. The van der Waals surface area contributed by atoms with E-state index in [9.17, 15) is 4.79 Å². The van der Waals surface area contributed by atoms with Gasteiger partial charge in [-0.05, 0) is 31.0 Å². The number of likely N-dealkylation sites (tertiary alicyclic amines) is 1. The monoisotopic (exact) mass is 300 g/mol. The first-order valence-corrected chi connectivity index (χ1v) is 7.90. The zero-order valence-electron chi connectivity index (χ0n) is 13.5. The van der Waals surface area contributed by atoms with Crippen molar-refractivity contribution in [3.05, 3.63) is 29.6 Å². The van der Waals surface area contributed by atoms with Crippen LogP contribution in [0.1, 0.15) is 43.4 Å². The highest BCUT2D eigenvalue weighted by Gasteiger charge is 2.38. The Balaban J connectivity index is 1.94. The van der Waals surface area contributed by atoms with Gasteiger partial charge >= 0.3 is 0 Å². The smallest absolute Gasteiger partial charge is 0.250 e. The summed E-state index contributed by atoms with van der Waals surface area (Å²) in [4.78, 5) is 22.2. The molecule has 1 aromatic heterocycles. The zero-order valence-corrected chi connectivity index (χ0v) is 13.5. The largest absolute Gasteiger partial charge is 0.366 e. The molecular weight excluding hydrogens is 276 g/mol. The van der Waals surface area contributed by atoms with Gasteiger partial charge in [-0.2, -0.15) is 0 Å². The van der Waals surface area contributed by atoms with Gasteiger partial charge in [-0.15, -0.1) is 0 Å². The Morgan fingerprint density at radius 2 is 2.27 bits per heavy atom. The maximum absolute atomic E-state index is 11.6. The van der Waals surface area contributed by atoms with Crippen LogP contribution < -0.4 is 5.73 Å². The quantitative estimate of drug-likeness (QED) is 0.909. The van der Waals surface area contributed by atoms with Crippen molar-refractivity contribution in [1.29, 1.82) is 0 Å². The molecule has 22 heavy (non-hydrogen) atoms. The fourth-order valence-corrected chi connectivity index (χ4v) is 3.44. The SMILES string of the molecule is CC(C)CN1CCC(C)(c2nc3c(C(N)=O)cccc3[nH]2)C1. The molecule has 118 valence electrons. The zero-order chi connectivity index (χ0) is 15.9. The average Bonchev–Trinajstić information content (AvgIpc) is 3.02. The van der Waals surface area contributed by atoms with E-state index in [4.69, 9.17) is 10.7 Å². The first-order chi connectivity index (χ1) is 10.4. The minimum absolute atomic E-state index is 0.00280. The third-order valence-corrected chi connectivity index (χ3v) is 4.53. The molecule has 2 aromatic rings. The number of imidazole rings is 1. The Labute approximate surface area is 130 Å². The van der Waals surface area contributed by atoms with Gasteiger partial charge in [-0.3, -0.25) is 4.79 Å². The van der Waals surface area contributed by atoms with E-state index in [0.29, 0.717) is 17.0 Å². The van der Waals surface area contributed by atoms with Crippen LogP contribution in [-0.2, 0) is 5.41 Å². The number of fused-ring (bicyclic) bond motifs is 1. The number of primary amides is 1. The summed E-state index contributed by atoms with van der Waals surface area (Å²) in [7, 11) is 0. The van der Waals surface area contributed by atoms with Crippen molar-refractivity contribution >= 4 is 16.9 Å². The van der Waals surface area contributed by atoms with E-state index in [0.717, 1.165) is 37.4 Å². The number of amides is 1. The number of aromatic nitrogens is 2. The molecule has 1 saturated heterocycles. The minimum Gasteiger partial charge on any atom is -0.366 e. The summed E-state index contributed by atoms with van der Waals surface area (Å²) in [5, 5.41) is 0. The number of nitrogens with two attached hydrogens (primary N) is 1. The summed E-state index contributed by atoms with van der Waals surface area (Å²) in [6.45, 7) is 9.94. The molecule has 0 radical (unpaired) electrons. The molecule has 1 aliphatic heterocycles. The van der Waals surface area contributed by atoms with E-state index in [1.165, 1.54) is 0 Å². The Kier molecular flexibility index (Phi) is 3.68. The molecule has 1 fully saturated rings. The lowest BCUT2D eigenvalue weighted by Crippen LogP contribution is -2.31. The van der Waals surface area contributed by atoms with Crippen LogP contribution in [0, 0.1) is 5.92 Å². The number of carbonyl (C=O) groups excluding carboxylic acids is 1. The Morgan fingerprint density at radius 1 is 1.50 bits per heavy atom. The number of hydrogen-bond acceptors (Lipinski definition) is 3. The van der Waals surface area contributed by atoms with E-state index in [1.807, 2.05) is 12.1 Å². The van der Waals surface area contributed by atoms with Crippen LogP contribution in [0.2, 0.25) is 0 Å². The maximum Gasteiger partial charge on any atom is 0.250 e. The van der Waals surface area contributed by atoms with Gasteiger partial charge in [0.2, 0.25) is 0 Å². The van der Waals surface area contributed by atoms with E-state index in [-0.39, 0.29) is 5.41 Å². The average molecular weight is 300 g/mol. The highest BCUT2D eigenvalue weighted by atomic mass is 16.1. The first kappa shape index (κ1) is 15.0. The molecule has 1 amide bonds. The molecule has 0 bridgehead atoms. The minimum atomic E-state index is -0.429. The Bertz CT molecular complexity index is 706. The maximum atomic E-state index is 11.6. The fraction of sp³-hybridized carbons (Fsp3) is 0.529. The molecule has 3 rings (SSSR count). The van der Waals surface area contributed by atoms with Crippen LogP contribution in [0.4, 0.5) is 0 Å². The van der Waals surface area contributed by atoms with Gasteiger partial charge in [-0.1, -0.05) is 26.8 Å². The third-order valence-electron chi connectivity index (χ3n) is 4.53. The second kappa shape index (κ2) is 5.39. The van der Waals surface area contributed by atoms with Gasteiger partial charge in [-0.25, -0.2) is 4.98 Å². The van der Waals surface area contributed by atoms with E-state index in [2.05, 4.69) is 30.7 Å². The summed E-state index contributed by atoms with van der Waals surface area (Å²) in [5.74, 6) is 1.20. The molecule has 0 saturated carbocycles. The van der Waals surface area contributed by atoms with Crippen molar-refractivity contribution < 1.29 is 4.79 Å². The Morgan fingerprint density at radius 3 is 2.95 bits per heavy atom. The number of aromatic amines is 1. The van der Waals surface area contributed by atoms with Crippen molar-refractivity contribution in [2.24, 2.45) is 11.7 Å². The summed E-state index contributed by atoms with van der Waals surface area (Å²) < 4.78 is 0. The number of para-hydroxylation sites is 1.